The molecule has 0 spiro atoms. The molecule has 1 N–H and O–H groups in total. The fourth-order valence-electron chi connectivity index (χ4n) is 3.98. The van der Waals surface area contributed by atoms with Crippen LogP contribution >= 0.6 is 11.3 Å². The van der Waals surface area contributed by atoms with Crippen LogP contribution in [0.3, 0.4) is 0 Å². The SMILES string of the molecule is CC1CCCC(NC(=O)C2CCN(S(=O)(=O)c3cccs3)CC2)C1C. The number of sulfonamides is 1. The maximum absolute atomic E-state index is 12.6. The Morgan fingerprint density at radius 3 is 2.56 bits per heavy atom. The van der Waals surface area contributed by atoms with Crippen molar-refractivity contribution in [2.45, 2.75) is 56.2 Å². The molecule has 2 aliphatic rings. The highest BCUT2D eigenvalue weighted by molar-refractivity contribution is 7.91. The number of hydrogen-bond acceptors (Lipinski definition) is 4. The monoisotopic (exact) mass is 384 g/mol. The predicted molar refractivity (Wildman–Crippen MR) is 99.9 cm³/mol. The molecule has 2 heterocycles. The first kappa shape index (κ1) is 18.9. The highest BCUT2D eigenvalue weighted by Gasteiger charge is 2.34. The molecule has 1 aromatic rings. The van der Waals surface area contributed by atoms with Crippen molar-refractivity contribution < 1.29 is 13.2 Å². The molecule has 3 unspecified atom stereocenters. The molecule has 0 radical (unpaired) electrons. The van der Waals surface area contributed by atoms with Gasteiger partial charge in [0.25, 0.3) is 10.0 Å². The summed E-state index contributed by atoms with van der Waals surface area (Å²) in [5.41, 5.74) is 0. The van der Waals surface area contributed by atoms with Crippen LogP contribution in [0.15, 0.2) is 21.7 Å². The molecule has 5 nitrogen and oxygen atoms in total. The van der Waals surface area contributed by atoms with Gasteiger partial charge < -0.3 is 5.32 Å². The number of nitrogens with one attached hydrogen (secondary N) is 1. The number of rotatable bonds is 4. The zero-order valence-corrected chi connectivity index (χ0v) is 16.6. The summed E-state index contributed by atoms with van der Waals surface area (Å²) in [6.07, 6.45) is 4.68. The van der Waals surface area contributed by atoms with E-state index in [4.69, 9.17) is 0 Å². The second-order valence-electron chi connectivity index (χ2n) is 7.49. The Balaban J connectivity index is 1.54. The Labute approximate surface area is 154 Å². The summed E-state index contributed by atoms with van der Waals surface area (Å²) in [5.74, 6) is 1.20. The molecule has 1 saturated carbocycles. The summed E-state index contributed by atoms with van der Waals surface area (Å²) >= 11 is 1.25. The Morgan fingerprint density at radius 1 is 1.20 bits per heavy atom. The van der Waals surface area contributed by atoms with Crippen molar-refractivity contribution in [3.63, 3.8) is 0 Å². The minimum absolute atomic E-state index is 0.0702. The van der Waals surface area contributed by atoms with Crippen LogP contribution in [-0.4, -0.2) is 37.8 Å². The Kier molecular flexibility index (Phi) is 5.85. The molecule has 3 atom stereocenters. The second kappa shape index (κ2) is 7.76. The van der Waals surface area contributed by atoms with Crippen LogP contribution in [0.2, 0.25) is 0 Å². The molecule has 7 heteroatoms. The van der Waals surface area contributed by atoms with E-state index in [0.29, 0.717) is 42.0 Å². The van der Waals surface area contributed by atoms with Gasteiger partial charge >= 0.3 is 0 Å². The molecule has 1 amide bonds. The minimum atomic E-state index is -3.39. The van der Waals surface area contributed by atoms with Crippen molar-refractivity contribution in [1.29, 1.82) is 0 Å². The highest BCUT2D eigenvalue weighted by Crippen LogP contribution is 2.31. The maximum atomic E-state index is 12.6. The lowest BCUT2D eigenvalue weighted by molar-refractivity contribution is -0.127. The second-order valence-corrected chi connectivity index (χ2v) is 10.6. The van der Waals surface area contributed by atoms with Crippen molar-refractivity contribution in [2.75, 3.05) is 13.1 Å². The first-order chi connectivity index (χ1) is 11.9. The topological polar surface area (TPSA) is 66.5 Å². The van der Waals surface area contributed by atoms with Gasteiger partial charge in [-0.1, -0.05) is 32.8 Å². The highest BCUT2D eigenvalue weighted by atomic mass is 32.2. The number of thiophene rings is 1. The maximum Gasteiger partial charge on any atom is 0.252 e. The average Bonchev–Trinajstić information content (AvgIpc) is 3.14. The molecule has 3 rings (SSSR count). The lowest BCUT2D eigenvalue weighted by Crippen LogP contribution is -2.48. The first-order valence-corrected chi connectivity index (χ1v) is 11.6. The van der Waals surface area contributed by atoms with Crippen LogP contribution in [0.1, 0.15) is 46.0 Å². The quantitative estimate of drug-likeness (QED) is 0.867. The fraction of sp³-hybridized carbons (Fsp3) is 0.722. The van der Waals surface area contributed by atoms with Crippen molar-refractivity contribution in [3.8, 4) is 0 Å². The third kappa shape index (κ3) is 4.09. The average molecular weight is 385 g/mol. The van der Waals surface area contributed by atoms with Crippen molar-refractivity contribution >= 4 is 27.3 Å². The molecular weight excluding hydrogens is 356 g/mol. The van der Waals surface area contributed by atoms with E-state index in [1.165, 1.54) is 28.5 Å². The molecule has 25 heavy (non-hydrogen) atoms. The lowest BCUT2D eigenvalue weighted by atomic mass is 9.78. The van der Waals surface area contributed by atoms with E-state index < -0.39 is 10.0 Å². The summed E-state index contributed by atoms with van der Waals surface area (Å²) in [5, 5.41) is 5.02. The van der Waals surface area contributed by atoms with Gasteiger partial charge in [-0.05, 0) is 42.5 Å². The Morgan fingerprint density at radius 2 is 1.92 bits per heavy atom. The van der Waals surface area contributed by atoms with E-state index >= 15 is 0 Å². The van der Waals surface area contributed by atoms with E-state index in [-0.39, 0.29) is 17.9 Å². The zero-order valence-electron chi connectivity index (χ0n) is 15.0. The summed E-state index contributed by atoms with van der Waals surface area (Å²) < 4.78 is 27.0. The Hall–Kier alpha value is -0.920. The molecule has 0 bridgehead atoms. The van der Waals surface area contributed by atoms with Gasteiger partial charge in [0.2, 0.25) is 5.91 Å². The van der Waals surface area contributed by atoms with Crippen LogP contribution in [-0.2, 0) is 14.8 Å². The molecular formula is C18H28N2O3S2. The van der Waals surface area contributed by atoms with Gasteiger partial charge in [-0.15, -0.1) is 11.3 Å². The first-order valence-electron chi connectivity index (χ1n) is 9.23. The van der Waals surface area contributed by atoms with Crippen LogP contribution < -0.4 is 5.32 Å². The largest absolute Gasteiger partial charge is 0.353 e. The van der Waals surface area contributed by atoms with Gasteiger partial charge in [0, 0.05) is 25.0 Å². The van der Waals surface area contributed by atoms with Gasteiger partial charge in [-0.2, -0.15) is 4.31 Å². The van der Waals surface area contributed by atoms with Crippen LogP contribution in [0.4, 0.5) is 0 Å². The third-order valence-corrected chi connectivity index (χ3v) is 9.22. The van der Waals surface area contributed by atoms with Crippen LogP contribution in [0.5, 0.6) is 0 Å². The molecule has 1 aliphatic heterocycles. The molecule has 1 saturated heterocycles. The summed E-state index contributed by atoms with van der Waals surface area (Å²) in [6, 6.07) is 3.67. The lowest BCUT2D eigenvalue weighted by Gasteiger charge is -2.36. The molecule has 140 valence electrons. The number of nitrogens with zero attached hydrogens (tertiary/aromatic N) is 1. The van der Waals surface area contributed by atoms with E-state index in [0.717, 1.165) is 6.42 Å². The van der Waals surface area contributed by atoms with E-state index in [1.807, 2.05) is 0 Å². The molecule has 2 fully saturated rings. The summed E-state index contributed by atoms with van der Waals surface area (Å²) in [4.78, 5) is 12.6. The van der Waals surface area contributed by atoms with E-state index in [2.05, 4.69) is 19.2 Å². The third-order valence-electron chi connectivity index (χ3n) is 5.95. The van der Waals surface area contributed by atoms with E-state index in [1.54, 1.807) is 17.5 Å². The number of hydrogen-bond donors (Lipinski definition) is 1. The number of piperidine rings is 1. The van der Waals surface area contributed by atoms with Crippen molar-refractivity contribution in [3.05, 3.63) is 17.5 Å². The van der Waals surface area contributed by atoms with Gasteiger partial charge in [-0.3, -0.25) is 4.79 Å². The number of carbonyl (C=O) groups excluding carboxylic acids is 1. The van der Waals surface area contributed by atoms with Crippen LogP contribution in [0.25, 0.3) is 0 Å². The van der Waals surface area contributed by atoms with Crippen molar-refractivity contribution in [2.24, 2.45) is 17.8 Å². The smallest absolute Gasteiger partial charge is 0.252 e. The molecule has 1 aliphatic carbocycles. The van der Waals surface area contributed by atoms with Gasteiger partial charge in [0.1, 0.15) is 4.21 Å². The van der Waals surface area contributed by atoms with Gasteiger partial charge in [0.05, 0.1) is 0 Å². The Bertz CT molecular complexity index is 679. The zero-order chi connectivity index (χ0) is 18.0. The normalized spacial score (nSPS) is 29.4. The van der Waals surface area contributed by atoms with Gasteiger partial charge in [0.15, 0.2) is 0 Å². The summed E-state index contributed by atoms with van der Waals surface area (Å²) in [6.45, 7) is 5.34. The molecule has 0 aromatic carbocycles. The summed E-state index contributed by atoms with van der Waals surface area (Å²) in [7, 11) is -3.39. The standard InChI is InChI=1S/C18H28N2O3S2/c1-13-5-3-6-16(14(13)2)19-18(21)15-8-10-20(11-9-15)25(22,23)17-7-4-12-24-17/h4,7,12-16H,3,5-6,8-11H2,1-2H3,(H,19,21). The minimum Gasteiger partial charge on any atom is -0.353 e. The fourth-order valence-corrected chi connectivity index (χ4v) is 6.60. The van der Waals surface area contributed by atoms with Crippen LogP contribution in [0, 0.1) is 17.8 Å². The number of amides is 1. The molecule has 1 aromatic heterocycles. The number of carbonyl (C=O) groups is 1. The predicted octanol–water partition coefficient (Wildman–Crippen LogP) is 3.09. The van der Waals surface area contributed by atoms with E-state index in [9.17, 15) is 13.2 Å². The van der Waals surface area contributed by atoms with Gasteiger partial charge in [-0.25, -0.2) is 8.42 Å². The van der Waals surface area contributed by atoms with Crippen molar-refractivity contribution in [1.82, 2.24) is 9.62 Å².